The van der Waals surface area contributed by atoms with Crippen LogP contribution in [-0.4, -0.2) is 64.6 Å². The minimum Gasteiger partial charge on any atom is -0.493 e. The summed E-state index contributed by atoms with van der Waals surface area (Å²) in [5.41, 5.74) is 4.14. The van der Waals surface area contributed by atoms with Crippen molar-refractivity contribution in [3.8, 4) is 57.0 Å². The minimum atomic E-state index is -0.118. The van der Waals surface area contributed by atoms with Crippen molar-refractivity contribution >= 4 is 16.9 Å². The van der Waals surface area contributed by atoms with Gasteiger partial charge in [-0.05, 0) is 60.7 Å². The van der Waals surface area contributed by atoms with Crippen molar-refractivity contribution in [3.05, 3.63) is 48.0 Å². The lowest BCUT2D eigenvalue weighted by Crippen LogP contribution is -2.43. The van der Waals surface area contributed by atoms with Crippen molar-refractivity contribution in [2.24, 2.45) is 11.8 Å². The normalized spacial score (nSPS) is 17.8. The van der Waals surface area contributed by atoms with E-state index in [4.69, 9.17) is 38.4 Å². The van der Waals surface area contributed by atoms with Crippen molar-refractivity contribution in [3.63, 3.8) is 0 Å². The molecule has 1 aromatic heterocycles. The standard InChI is InChI=1S/C35H41N3O7/c1-19-10-9-11-24(20(19)2)38-35(39)21-12-13-25-26(14-21)37-32(23-17-29(42-5)34(45-8)30(18-23)43-6)31(36-25)22-15-27(40-3)33(44-7)28(16-22)41-4/h12-20,24H,9-11H2,1-8H3,(H,38,39)/t19-,20-,24-/m1/s1. The number of ether oxygens (including phenoxy) is 6. The van der Waals surface area contributed by atoms with Crippen molar-refractivity contribution in [1.29, 1.82) is 0 Å². The van der Waals surface area contributed by atoms with Crippen LogP contribution in [0, 0.1) is 11.8 Å². The summed E-state index contributed by atoms with van der Waals surface area (Å²) in [4.78, 5) is 23.6. The molecule has 0 aliphatic heterocycles. The van der Waals surface area contributed by atoms with E-state index >= 15 is 0 Å². The average molecular weight is 616 g/mol. The molecule has 10 nitrogen and oxygen atoms in total. The second kappa shape index (κ2) is 13.5. The highest BCUT2D eigenvalue weighted by molar-refractivity contribution is 5.98. The molecule has 1 aliphatic rings. The van der Waals surface area contributed by atoms with Crippen molar-refractivity contribution < 1.29 is 33.2 Å². The van der Waals surface area contributed by atoms with Gasteiger partial charge in [0.25, 0.3) is 5.91 Å². The Morgan fingerprint density at radius 2 is 1.16 bits per heavy atom. The van der Waals surface area contributed by atoms with Crippen LogP contribution < -0.4 is 33.7 Å². The molecule has 0 radical (unpaired) electrons. The van der Waals surface area contributed by atoms with E-state index in [1.54, 1.807) is 54.8 Å². The molecule has 45 heavy (non-hydrogen) atoms. The summed E-state index contributed by atoms with van der Waals surface area (Å²) in [5.74, 6) is 3.67. The fourth-order valence-electron chi connectivity index (χ4n) is 6.07. The Balaban J connectivity index is 1.69. The van der Waals surface area contributed by atoms with Crippen LogP contribution in [0.5, 0.6) is 34.5 Å². The zero-order valence-corrected chi connectivity index (χ0v) is 27.1. The first-order valence-electron chi connectivity index (χ1n) is 15.0. The molecule has 10 heteroatoms. The smallest absolute Gasteiger partial charge is 0.251 e. The Morgan fingerprint density at radius 3 is 1.62 bits per heavy atom. The number of carbonyl (C=O) groups excluding carboxylic acids is 1. The van der Waals surface area contributed by atoms with Crippen molar-refractivity contribution in [2.75, 3.05) is 42.7 Å². The maximum atomic E-state index is 13.4. The fraction of sp³-hybridized carbons (Fsp3) is 0.400. The lowest BCUT2D eigenvalue weighted by Gasteiger charge is -2.34. The molecule has 5 rings (SSSR count). The van der Waals surface area contributed by atoms with Gasteiger partial charge in [-0.3, -0.25) is 4.79 Å². The first-order chi connectivity index (χ1) is 21.8. The number of hydrogen-bond donors (Lipinski definition) is 1. The maximum Gasteiger partial charge on any atom is 0.251 e. The molecule has 1 amide bonds. The van der Waals surface area contributed by atoms with Gasteiger partial charge in [0.1, 0.15) is 0 Å². The molecule has 4 aromatic rings. The minimum absolute atomic E-state index is 0.118. The number of hydrogen-bond acceptors (Lipinski definition) is 9. The highest BCUT2D eigenvalue weighted by Gasteiger charge is 2.29. The van der Waals surface area contributed by atoms with E-state index in [1.807, 2.05) is 30.3 Å². The molecule has 3 aromatic carbocycles. The van der Waals surface area contributed by atoms with Crippen molar-refractivity contribution in [2.45, 2.75) is 39.2 Å². The summed E-state index contributed by atoms with van der Waals surface area (Å²) in [5, 5.41) is 3.27. The third-order valence-electron chi connectivity index (χ3n) is 8.83. The van der Waals surface area contributed by atoms with Gasteiger partial charge in [0.2, 0.25) is 11.5 Å². The van der Waals surface area contributed by atoms with Crippen LogP contribution in [-0.2, 0) is 0 Å². The van der Waals surface area contributed by atoms with Crippen LogP contribution in [0.15, 0.2) is 42.5 Å². The number of nitrogens with zero attached hydrogens (tertiary/aromatic N) is 2. The van der Waals surface area contributed by atoms with Gasteiger partial charge in [0, 0.05) is 22.7 Å². The number of amides is 1. The average Bonchev–Trinajstić information content (AvgIpc) is 3.07. The zero-order valence-electron chi connectivity index (χ0n) is 27.1. The summed E-state index contributed by atoms with van der Waals surface area (Å²) in [6.45, 7) is 4.47. The Morgan fingerprint density at radius 1 is 0.667 bits per heavy atom. The second-order valence-electron chi connectivity index (χ2n) is 11.3. The molecule has 1 saturated carbocycles. The van der Waals surface area contributed by atoms with Gasteiger partial charge in [-0.2, -0.15) is 0 Å². The molecular weight excluding hydrogens is 574 g/mol. The largest absolute Gasteiger partial charge is 0.493 e. The molecule has 0 unspecified atom stereocenters. The molecule has 1 fully saturated rings. The van der Waals surface area contributed by atoms with Gasteiger partial charge >= 0.3 is 0 Å². The summed E-state index contributed by atoms with van der Waals surface area (Å²) >= 11 is 0. The number of aromatic nitrogens is 2. The van der Waals surface area contributed by atoms with Crippen LogP contribution in [0.2, 0.25) is 0 Å². The van der Waals surface area contributed by atoms with E-state index in [1.165, 1.54) is 6.42 Å². The summed E-state index contributed by atoms with van der Waals surface area (Å²) in [6, 6.07) is 12.8. The Hall–Kier alpha value is -4.73. The predicted molar refractivity (Wildman–Crippen MR) is 173 cm³/mol. The van der Waals surface area contributed by atoms with Crippen LogP contribution >= 0.6 is 0 Å². The molecule has 1 aliphatic carbocycles. The highest BCUT2D eigenvalue weighted by atomic mass is 16.5. The zero-order chi connectivity index (χ0) is 32.2. The van der Waals surface area contributed by atoms with E-state index < -0.39 is 0 Å². The summed E-state index contributed by atoms with van der Waals surface area (Å²) in [6.07, 6.45) is 3.28. The van der Waals surface area contributed by atoms with Crippen LogP contribution in [0.4, 0.5) is 0 Å². The second-order valence-corrected chi connectivity index (χ2v) is 11.3. The van der Waals surface area contributed by atoms with Gasteiger partial charge in [-0.15, -0.1) is 0 Å². The van der Waals surface area contributed by atoms with E-state index in [2.05, 4.69) is 19.2 Å². The van der Waals surface area contributed by atoms with E-state index in [9.17, 15) is 4.79 Å². The van der Waals surface area contributed by atoms with E-state index in [-0.39, 0.29) is 11.9 Å². The van der Waals surface area contributed by atoms with Gasteiger partial charge in [-0.1, -0.05) is 26.7 Å². The highest BCUT2D eigenvalue weighted by Crippen LogP contribution is 2.45. The molecule has 1 N–H and O–H groups in total. The maximum absolute atomic E-state index is 13.4. The number of benzene rings is 3. The van der Waals surface area contributed by atoms with Crippen LogP contribution in [0.3, 0.4) is 0 Å². The van der Waals surface area contributed by atoms with E-state index in [0.29, 0.717) is 85.4 Å². The first kappa shape index (κ1) is 31.7. The van der Waals surface area contributed by atoms with E-state index in [0.717, 1.165) is 12.8 Å². The molecule has 3 atom stereocenters. The quantitative estimate of drug-likeness (QED) is 0.212. The summed E-state index contributed by atoms with van der Waals surface area (Å²) in [7, 11) is 9.36. The number of rotatable bonds is 10. The number of carbonyl (C=O) groups is 1. The molecule has 0 bridgehead atoms. The van der Waals surface area contributed by atoms with Gasteiger partial charge < -0.3 is 33.7 Å². The predicted octanol–water partition coefficient (Wildman–Crippen LogP) is 6.57. The number of nitrogens with one attached hydrogen (secondary N) is 1. The monoisotopic (exact) mass is 615 g/mol. The lowest BCUT2D eigenvalue weighted by atomic mass is 9.78. The van der Waals surface area contributed by atoms with Gasteiger partial charge in [0.15, 0.2) is 23.0 Å². The number of methoxy groups -OCH3 is 6. The Labute approximate surface area is 264 Å². The fourth-order valence-corrected chi connectivity index (χ4v) is 6.07. The van der Waals surface area contributed by atoms with Crippen LogP contribution in [0.25, 0.3) is 33.5 Å². The van der Waals surface area contributed by atoms with Gasteiger partial charge in [-0.25, -0.2) is 9.97 Å². The third kappa shape index (κ3) is 6.14. The van der Waals surface area contributed by atoms with Gasteiger partial charge in [0.05, 0.1) is 65.1 Å². The van der Waals surface area contributed by atoms with Crippen LogP contribution in [0.1, 0.15) is 43.5 Å². The SMILES string of the molecule is COc1cc(-c2nc3ccc(C(=O)N[C@@H]4CCC[C@@H](C)[C@H]4C)cc3nc2-c2cc(OC)c(OC)c(OC)c2)cc(OC)c1OC. The molecular formula is C35H41N3O7. The lowest BCUT2D eigenvalue weighted by molar-refractivity contribution is 0.0891. The van der Waals surface area contributed by atoms with Crippen molar-refractivity contribution in [1.82, 2.24) is 15.3 Å². The summed E-state index contributed by atoms with van der Waals surface area (Å²) < 4.78 is 33.7. The molecule has 0 saturated heterocycles. The third-order valence-corrected chi connectivity index (χ3v) is 8.83. The molecule has 0 spiro atoms. The Bertz CT molecular complexity index is 1660. The Kier molecular flexibility index (Phi) is 9.51. The number of fused-ring (bicyclic) bond motifs is 1. The first-order valence-corrected chi connectivity index (χ1v) is 15.0. The molecule has 1 heterocycles. The molecule has 238 valence electrons. The topological polar surface area (TPSA) is 110 Å².